The van der Waals surface area contributed by atoms with Gasteiger partial charge in [-0.3, -0.25) is 9.36 Å². The summed E-state index contributed by atoms with van der Waals surface area (Å²) in [5.74, 6) is -0.258. The quantitative estimate of drug-likeness (QED) is 0.426. The molecule has 7 nitrogen and oxygen atoms in total. The van der Waals surface area contributed by atoms with E-state index in [1.165, 1.54) is 6.07 Å². The number of primary amides is 1. The predicted molar refractivity (Wildman–Crippen MR) is 118 cm³/mol. The van der Waals surface area contributed by atoms with Gasteiger partial charge in [0.15, 0.2) is 0 Å². The van der Waals surface area contributed by atoms with Crippen LogP contribution in [0.3, 0.4) is 0 Å². The summed E-state index contributed by atoms with van der Waals surface area (Å²) in [7, 11) is 0. The van der Waals surface area contributed by atoms with Crippen LogP contribution in [0.4, 0.5) is 10.2 Å². The number of hydrogen-bond donors (Lipinski definition) is 3. The van der Waals surface area contributed by atoms with Gasteiger partial charge in [0, 0.05) is 35.9 Å². The second-order valence-electron chi connectivity index (χ2n) is 7.16. The van der Waals surface area contributed by atoms with E-state index in [9.17, 15) is 9.18 Å². The molecule has 2 heterocycles. The van der Waals surface area contributed by atoms with Crippen LogP contribution in [0.15, 0.2) is 54.7 Å². The van der Waals surface area contributed by atoms with E-state index in [0.717, 1.165) is 23.6 Å². The molecule has 0 aliphatic rings. The number of hydrogen-bond acceptors (Lipinski definition) is 5. The zero-order chi connectivity index (χ0) is 22.0. The number of nitrogens with one attached hydrogen (secondary N) is 1. The molecule has 4 aromatic rings. The van der Waals surface area contributed by atoms with Crippen molar-refractivity contribution in [3.63, 3.8) is 0 Å². The summed E-state index contributed by atoms with van der Waals surface area (Å²) in [5.41, 5.74) is 14.6. The smallest absolute Gasteiger partial charge is 0.249 e. The number of halogens is 1. The van der Waals surface area contributed by atoms with Crippen molar-refractivity contribution < 1.29 is 9.18 Å². The minimum Gasteiger partial charge on any atom is -0.366 e. The molecular formula is C23H23FN6O. The Bertz CT molecular complexity index is 1250. The van der Waals surface area contributed by atoms with E-state index in [-0.39, 0.29) is 12.1 Å². The molecule has 0 aliphatic carbocycles. The van der Waals surface area contributed by atoms with Gasteiger partial charge in [0.2, 0.25) is 11.9 Å². The Labute approximate surface area is 178 Å². The lowest BCUT2D eigenvalue weighted by atomic mass is 10.1. The lowest BCUT2D eigenvalue weighted by Crippen LogP contribution is -2.13. The van der Waals surface area contributed by atoms with Crippen molar-refractivity contribution in [1.82, 2.24) is 14.5 Å². The Morgan fingerprint density at radius 3 is 2.65 bits per heavy atom. The highest BCUT2D eigenvalue weighted by Gasteiger charge is 2.19. The molecule has 0 spiro atoms. The first-order valence-corrected chi connectivity index (χ1v) is 9.99. The third kappa shape index (κ3) is 3.97. The number of carbonyl (C=O) groups excluding carboxylic acids is 1. The van der Waals surface area contributed by atoms with Crippen LogP contribution < -0.4 is 16.8 Å². The van der Waals surface area contributed by atoms with Crippen LogP contribution in [-0.4, -0.2) is 20.4 Å². The van der Waals surface area contributed by atoms with Crippen LogP contribution >= 0.6 is 0 Å². The molecule has 0 aliphatic heterocycles. The van der Waals surface area contributed by atoms with Crippen LogP contribution in [0.5, 0.6) is 0 Å². The normalized spacial score (nSPS) is 11.1. The molecule has 0 bridgehead atoms. The summed E-state index contributed by atoms with van der Waals surface area (Å²) in [6.45, 7) is 2.78. The van der Waals surface area contributed by atoms with Gasteiger partial charge in [-0.05, 0) is 30.2 Å². The molecule has 1 amide bonds. The van der Waals surface area contributed by atoms with E-state index in [2.05, 4.69) is 10.3 Å². The highest BCUT2D eigenvalue weighted by molar-refractivity contribution is 6.06. The van der Waals surface area contributed by atoms with Crippen molar-refractivity contribution >= 4 is 22.6 Å². The zero-order valence-electron chi connectivity index (χ0n) is 17.1. The SMILES string of the molecule is CCc1cnc(-n2c(CN)cc3c(C(N)=O)cc(F)cc32)nc1NCc1ccccc1. The number of anilines is 1. The van der Waals surface area contributed by atoms with Crippen LogP contribution in [-0.2, 0) is 19.5 Å². The molecule has 2 aromatic heterocycles. The lowest BCUT2D eigenvalue weighted by molar-refractivity contribution is 0.100. The number of benzene rings is 2. The van der Waals surface area contributed by atoms with Gasteiger partial charge in [-0.1, -0.05) is 37.3 Å². The van der Waals surface area contributed by atoms with Crippen molar-refractivity contribution in [3.8, 4) is 5.95 Å². The number of nitrogens with two attached hydrogens (primary N) is 2. The Kier molecular flexibility index (Phi) is 5.64. The number of nitrogens with zero attached hydrogens (tertiary/aromatic N) is 3. The fourth-order valence-corrected chi connectivity index (χ4v) is 3.62. The first-order valence-electron chi connectivity index (χ1n) is 9.99. The second-order valence-corrected chi connectivity index (χ2v) is 7.16. The van der Waals surface area contributed by atoms with E-state index in [1.54, 1.807) is 16.8 Å². The highest BCUT2D eigenvalue weighted by atomic mass is 19.1. The summed E-state index contributed by atoms with van der Waals surface area (Å²) < 4.78 is 15.9. The Balaban J connectivity index is 1.83. The zero-order valence-corrected chi connectivity index (χ0v) is 17.1. The monoisotopic (exact) mass is 418 g/mol. The van der Waals surface area contributed by atoms with Gasteiger partial charge in [-0.2, -0.15) is 4.98 Å². The van der Waals surface area contributed by atoms with Gasteiger partial charge in [0.1, 0.15) is 11.6 Å². The van der Waals surface area contributed by atoms with E-state index >= 15 is 0 Å². The topological polar surface area (TPSA) is 112 Å². The number of rotatable bonds is 7. The molecule has 0 saturated carbocycles. The van der Waals surface area contributed by atoms with Crippen LogP contribution in [0.2, 0.25) is 0 Å². The Morgan fingerprint density at radius 1 is 1.19 bits per heavy atom. The summed E-state index contributed by atoms with van der Waals surface area (Å²) in [6, 6.07) is 14.2. The fourth-order valence-electron chi connectivity index (χ4n) is 3.62. The third-order valence-corrected chi connectivity index (χ3v) is 5.17. The molecule has 2 aromatic carbocycles. The van der Waals surface area contributed by atoms with Crippen molar-refractivity contribution in [3.05, 3.63) is 82.9 Å². The van der Waals surface area contributed by atoms with Crippen LogP contribution in [0.25, 0.3) is 16.9 Å². The maximum absolute atomic E-state index is 14.3. The van der Waals surface area contributed by atoms with Gasteiger partial charge in [-0.25, -0.2) is 9.37 Å². The second kappa shape index (κ2) is 8.53. The van der Waals surface area contributed by atoms with E-state index in [4.69, 9.17) is 16.5 Å². The van der Waals surface area contributed by atoms with Gasteiger partial charge in [0.05, 0.1) is 11.1 Å². The minimum atomic E-state index is -0.710. The number of carbonyl (C=O) groups is 1. The predicted octanol–water partition coefficient (Wildman–Crippen LogP) is 3.29. The summed E-state index contributed by atoms with van der Waals surface area (Å²) in [4.78, 5) is 21.0. The lowest BCUT2D eigenvalue weighted by Gasteiger charge is -2.14. The number of amides is 1. The van der Waals surface area contributed by atoms with Crippen LogP contribution in [0, 0.1) is 5.82 Å². The van der Waals surface area contributed by atoms with Crippen molar-refractivity contribution in [2.45, 2.75) is 26.4 Å². The van der Waals surface area contributed by atoms with Gasteiger partial charge >= 0.3 is 0 Å². The van der Waals surface area contributed by atoms with E-state index in [1.807, 2.05) is 37.3 Å². The first-order chi connectivity index (χ1) is 15.0. The maximum atomic E-state index is 14.3. The number of aromatic nitrogens is 3. The molecule has 0 atom stereocenters. The van der Waals surface area contributed by atoms with Crippen molar-refractivity contribution in [2.75, 3.05) is 5.32 Å². The molecule has 0 radical (unpaired) electrons. The van der Waals surface area contributed by atoms with Gasteiger partial charge < -0.3 is 16.8 Å². The van der Waals surface area contributed by atoms with Crippen LogP contribution in [0.1, 0.15) is 34.1 Å². The Hall–Kier alpha value is -3.78. The number of aryl methyl sites for hydroxylation is 1. The van der Waals surface area contributed by atoms with E-state index < -0.39 is 11.7 Å². The largest absolute Gasteiger partial charge is 0.366 e. The fraction of sp³-hybridized carbons (Fsp3) is 0.174. The third-order valence-electron chi connectivity index (χ3n) is 5.17. The molecule has 5 N–H and O–H groups in total. The first kappa shape index (κ1) is 20.5. The highest BCUT2D eigenvalue weighted by Crippen LogP contribution is 2.28. The summed E-state index contributed by atoms with van der Waals surface area (Å²) in [6.07, 6.45) is 2.49. The summed E-state index contributed by atoms with van der Waals surface area (Å²) in [5, 5.41) is 3.88. The van der Waals surface area contributed by atoms with Gasteiger partial charge in [0.25, 0.3) is 0 Å². The van der Waals surface area contributed by atoms with E-state index in [0.29, 0.717) is 34.9 Å². The molecule has 8 heteroatoms. The molecule has 0 saturated heterocycles. The van der Waals surface area contributed by atoms with Crippen molar-refractivity contribution in [1.29, 1.82) is 0 Å². The molecule has 0 unspecified atom stereocenters. The van der Waals surface area contributed by atoms with Crippen molar-refractivity contribution in [2.24, 2.45) is 11.5 Å². The molecule has 31 heavy (non-hydrogen) atoms. The number of fused-ring (bicyclic) bond motifs is 1. The minimum absolute atomic E-state index is 0.0936. The summed E-state index contributed by atoms with van der Waals surface area (Å²) >= 11 is 0. The standard InChI is InChI=1S/C23H23FN6O/c1-2-15-13-28-23(29-22(15)27-12-14-6-4-3-5-7-14)30-17(11-25)10-18-19(21(26)31)8-16(24)9-20(18)30/h3-10,13H,2,11-12,25H2,1H3,(H2,26,31)(H,27,28,29). The van der Waals surface area contributed by atoms with Gasteiger partial charge in [-0.15, -0.1) is 0 Å². The molecule has 4 rings (SSSR count). The maximum Gasteiger partial charge on any atom is 0.249 e. The molecular weight excluding hydrogens is 395 g/mol. The average Bonchev–Trinajstić information content (AvgIpc) is 3.15. The molecule has 158 valence electrons. The molecule has 0 fully saturated rings. The average molecular weight is 418 g/mol. The Morgan fingerprint density at radius 2 is 1.97 bits per heavy atom.